The maximum absolute atomic E-state index is 12.8. The highest BCUT2D eigenvalue weighted by Crippen LogP contribution is 2.27. The van der Waals surface area contributed by atoms with E-state index in [-0.39, 0.29) is 5.82 Å². The van der Waals surface area contributed by atoms with Gasteiger partial charge in [-0.05, 0) is 37.2 Å². The van der Waals surface area contributed by atoms with Gasteiger partial charge in [-0.3, -0.25) is 0 Å². The fraction of sp³-hybridized carbons (Fsp3) is 0.308. The zero-order chi connectivity index (χ0) is 12.4. The van der Waals surface area contributed by atoms with Crippen LogP contribution in [0.25, 0.3) is 0 Å². The molecule has 3 nitrogen and oxygen atoms in total. The van der Waals surface area contributed by atoms with Gasteiger partial charge in [-0.15, -0.1) is 11.3 Å². The highest BCUT2D eigenvalue weighted by molar-refractivity contribution is 7.13. The van der Waals surface area contributed by atoms with Crippen molar-refractivity contribution >= 4 is 22.2 Å². The van der Waals surface area contributed by atoms with Crippen molar-refractivity contribution in [2.45, 2.75) is 12.3 Å². The van der Waals surface area contributed by atoms with E-state index in [1.54, 1.807) is 23.5 Å². The van der Waals surface area contributed by atoms with Crippen molar-refractivity contribution in [3.63, 3.8) is 0 Å². The smallest absolute Gasteiger partial charge is 0.187 e. The Morgan fingerprint density at radius 2 is 2.17 bits per heavy atom. The van der Waals surface area contributed by atoms with Crippen LogP contribution >= 0.6 is 11.3 Å². The third-order valence-corrected chi connectivity index (χ3v) is 3.87. The minimum atomic E-state index is -0.225. The Labute approximate surface area is 109 Å². The van der Waals surface area contributed by atoms with Crippen LogP contribution in [0.2, 0.25) is 0 Å². The third kappa shape index (κ3) is 2.52. The molecule has 0 aliphatic carbocycles. The predicted octanol–water partition coefficient (Wildman–Crippen LogP) is 3.10. The largest absolute Gasteiger partial charge is 0.332 e. The number of hydrogen-bond donors (Lipinski definition) is 2. The van der Waals surface area contributed by atoms with Gasteiger partial charge < -0.3 is 10.6 Å². The average Bonchev–Trinajstić information content (AvgIpc) is 3.02. The zero-order valence-electron chi connectivity index (χ0n) is 9.82. The van der Waals surface area contributed by atoms with Gasteiger partial charge in [0.05, 0.1) is 5.69 Å². The first-order chi connectivity index (χ1) is 8.81. The number of benzene rings is 1. The van der Waals surface area contributed by atoms with Gasteiger partial charge in [0.25, 0.3) is 0 Å². The summed E-state index contributed by atoms with van der Waals surface area (Å²) < 4.78 is 12.8. The lowest BCUT2D eigenvalue weighted by molar-refractivity contribution is 0.628. The second-order valence-electron chi connectivity index (χ2n) is 4.40. The number of anilines is 2. The zero-order valence-corrected chi connectivity index (χ0v) is 10.6. The van der Waals surface area contributed by atoms with Crippen LogP contribution in [0, 0.1) is 5.82 Å². The molecule has 1 fully saturated rings. The lowest BCUT2D eigenvalue weighted by Crippen LogP contribution is -2.08. The summed E-state index contributed by atoms with van der Waals surface area (Å²) in [4.78, 5) is 4.58. The number of hydrogen-bond acceptors (Lipinski definition) is 4. The minimum absolute atomic E-state index is 0.225. The van der Waals surface area contributed by atoms with Crippen LogP contribution in [0.15, 0.2) is 29.6 Å². The molecule has 1 unspecified atom stereocenters. The van der Waals surface area contributed by atoms with Crippen molar-refractivity contribution in [3.05, 3.63) is 41.2 Å². The molecule has 1 aliphatic heterocycles. The molecule has 1 aliphatic rings. The highest BCUT2D eigenvalue weighted by Gasteiger charge is 2.19. The number of thiazole rings is 1. The molecule has 1 atom stereocenters. The molecular weight excluding hydrogens is 249 g/mol. The summed E-state index contributed by atoms with van der Waals surface area (Å²) in [6.45, 7) is 2.09. The van der Waals surface area contributed by atoms with E-state index in [1.165, 1.54) is 12.1 Å². The van der Waals surface area contributed by atoms with Gasteiger partial charge in [-0.1, -0.05) is 0 Å². The van der Waals surface area contributed by atoms with E-state index < -0.39 is 0 Å². The molecule has 5 heteroatoms. The summed E-state index contributed by atoms with van der Waals surface area (Å²) in [5.74, 6) is 0.308. The van der Waals surface area contributed by atoms with Gasteiger partial charge in [0.1, 0.15) is 5.82 Å². The minimum Gasteiger partial charge on any atom is -0.332 e. The van der Waals surface area contributed by atoms with E-state index in [0.29, 0.717) is 5.92 Å². The number of halogens is 1. The molecule has 0 spiro atoms. The van der Waals surface area contributed by atoms with Crippen molar-refractivity contribution in [1.29, 1.82) is 0 Å². The van der Waals surface area contributed by atoms with E-state index in [0.717, 1.165) is 36.0 Å². The van der Waals surface area contributed by atoms with Gasteiger partial charge in [0.15, 0.2) is 5.13 Å². The third-order valence-electron chi connectivity index (χ3n) is 3.10. The maximum Gasteiger partial charge on any atom is 0.187 e. The maximum atomic E-state index is 12.8. The Kier molecular flexibility index (Phi) is 3.25. The summed E-state index contributed by atoms with van der Waals surface area (Å²) >= 11 is 1.59. The monoisotopic (exact) mass is 263 g/mol. The van der Waals surface area contributed by atoms with Gasteiger partial charge in [0, 0.05) is 23.5 Å². The molecule has 0 radical (unpaired) electrons. The second kappa shape index (κ2) is 5.04. The Hall–Kier alpha value is -1.46. The Balaban J connectivity index is 1.71. The van der Waals surface area contributed by atoms with E-state index in [1.807, 2.05) is 0 Å². The van der Waals surface area contributed by atoms with Crippen molar-refractivity contribution in [2.75, 3.05) is 18.4 Å². The van der Waals surface area contributed by atoms with E-state index in [9.17, 15) is 4.39 Å². The molecule has 1 aromatic heterocycles. The summed E-state index contributed by atoms with van der Waals surface area (Å²) in [6.07, 6.45) is 1.15. The van der Waals surface area contributed by atoms with E-state index >= 15 is 0 Å². The predicted molar refractivity (Wildman–Crippen MR) is 72.0 cm³/mol. The molecule has 1 aromatic carbocycles. The van der Waals surface area contributed by atoms with Crippen LogP contribution in [0.4, 0.5) is 15.2 Å². The number of aromatic nitrogens is 1. The molecular formula is C13H14FN3S. The summed E-state index contributed by atoms with van der Waals surface area (Å²) in [5, 5.41) is 9.50. The average molecular weight is 263 g/mol. The van der Waals surface area contributed by atoms with Crippen molar-refractivity contribution in [2.24, 2.45) is 0 Å². The van der Waals surface area contributed by atoms with Crippen LogP contribution in [-0.2, 0) is 0 Å². The Morgan fingerprint density at radius 1 is 1.33 bits per heavy atom. The van der Waals surface area contributed by atoms with Crippen molar-refractivity contribution < 1.29 is 4.39 Å². The molecule has 94 valence electrons. The first-order valence-electron chi connectivity index (χ1n) is 6.00. The fourth-order valence-corrected chi connectivity index (χ4v) is 2.91. The Bertz CT molecular complexity index is 517. The molecule has 0 bridgehead atoms. The molecule has 18 heavy (non-hydrogen) atoms. The lowest BCUT2D eigenvalue weighted by atomic mass is 10.1. The van der Waals surface area contributed by atoms with Crippen LogP contribution in [0.5, 0.6) is 0 Å². The SMILES string of the molecule is Fc1ccc(Nc2nc(C3CCNC3)cs2)cc1. The molecule has 0 saturated carbocycles. The first-order valence-corrected chi connectivity index (χ1v) is 6.88. The van der Waals surface area contributed by atoms with Crippen LogP contribution in [-0.4, -0.2) is 18.1 Å². The van der Waals surface area contributed by atoms with Gasteiger partial charge in [-0.25, -0.2) is 9.37 Å². The molecule has 2 N–H and O–H groups in total. The van der Waals surface area contributed by atoms with Crippen LogP contribution < -0.4 is 10.6 Å². The topological polar surface area (TPSA) is 37.0 Å². The van der Waals surface area contributed by atoms with Gasteiger partial charge in [0.2, 0.25) is 0 Å². The van der Waals surface area contributed by atoms with E-state index in [2.05, 4.69) is 21.0 Å². The second-order valence-corrected chi connectivity index (χ2v) is 5.26. The standard InChI is InChI=1S/C13H14FN3S/c14-10-1-3-11(4-2-10)16-13-17-12(8-18-13)9-5-6-15-7-9/h1-4,8-9,15H,5-7H2,(H,16,17). The normalized spacial score (nSPS) is 19.1. The van der Waals surface area contributed by atoms with Crippen molar-refractivity contribution in [3.8, 4) is 0 Å². The molecule has 3 rings (SSSR count). The van der Waals surface area contributed by atoms with Crippen LogP contribution in [0.1, 0.15) is 18.0 Å². The molecule has 2 aromatic rings. The summed E-state index contributed by atoms with van der Waals surface area (Å²) in [7, 11) is 0. The highest BCUT2D eigenvalue weighted by atomic mass is 32.1. The van der Waals surface area contributed by atoms with Gasteiger partial charge in [-0.2, -0.15) is 0 Å². The molecule has 2 heterocycles. The fourth-order valence-electron chi connectivity index (χ4n) is 2.09. The first kappa shape index (κ1) is 11.6. The Morgan fingerprint density at radius 3 is 2.89 bits per heavy atom. The number of rotatable bonds is 3. The lowest BCUT2D eigenvalue weighted by Gasteiger charge is -2.04. The number of nitrogens with zero attached hydrogens (tertiary/aromatic N) is 1. The molecule has 0 amide bonds. The summed E-state index contributed by atoms with van der Waals surface area (Å²) in [5.41, 5.74) is 2.01. The quantitative estimate of drug-likeness (QED) is 0.893. The van der Waals surface area contributed by atoms with Crippen molar-refractivity contribution in [1.82, 2.24) is 10.3 Å². The van der Waals surface area contributed by atoms with Crippen LogP contribution in [0.3, 0.4) is 0 Å². The number of nitrogens with one attached hydrogen (secondary N) is 2. The van der Waals surface area contributed by atoms with E-state index in [4.69, 9.17) is 0 Å². The summed E-state index contributed by atoms with van der Waals surface area (Å²) in [6, 6.07) is 6.32. The van der Waals surface area contributed by atoms with Gasteiger partial charge >= 0.3 is 0 Å². The molecule has 1 saturated heterocycles.